The first kappa shape index (κ1) is 27.1. The number of nitrogens with zero attached hydrogens (tertiary/aromatic N) is 1. The van der Waals surface area contributed by atoms with Gasteiger partial charge in [-0.15, -0.1) is 0 Å². The third-order valence-electron chi connectivity index (χ3n) is 6.16. The molecule has 1 saturated heterocycles. The van der Waals surface area contributed by atoms with E-state index in [0.29, 0.717) is 12.5 Å². The van der Waals surface area contributed by atoms with Crippen molar-refractivity contribution in [1.29, 1.82) is 0 Å². The Labute approximate surface area is 216 Å². The van der Waals surface area contributed by atoms with Crippen LogP contribution in [-0.2, 0) is 16.0 Å². The molecule has 7 nitrogen and oxygen atoms in total. The molecule has 0 bridgehead atoms. The second kappa shape index (κ2) is 13.0. The molecule has 1 aliphatic rings. The molecule has 0 aliphatic carbocycles. The van der Waals surface area contributed by atoms with Crippen LogP contribution in [0.4, 0.5) is 0 Å². The summed E-state index contributed by atoms with van der Waals surface area (Å²) >= 11 is 12.7. The van der Waals surface area contributed by atoms with Gasteiger partial charge in [0.25, 0.3) is 5.91 Å². The number of carbonyl (C=O) groups excluding carboxylic acids is 2. The number of rotatable bonds is 10. The summed E-state index contributed by atoms with van der Waals surface area (Å²) in [5, 5.41) is 13.2. The number of hydrogen-bond acceptors (Lipinski definition) is 6. The maximum Gasteiger partial charge on any atom is 0.328 e. The fraction of sp³-hybridized carbons (Fsp3) is 0.462. The standard InChI is InChI=1S/C26H32Cl2N2O5/c1-3-34-26(33)21(15-18-7-5-4-6-8-18)29-25(32)19-16-20(27)24(22(28)23(19)31)35-14-11-17-9-12-30(2)13-10-17/h4-8,16-17,21,31H,3,9-15H2,1-2H3,(H,29,32). The highest BCUT2D eigenvalue weighted by atomic mass is 35.5. The number of carbonyl (C=O) groups is 2. The molecule has 1 unspecified atom stereocenters. The van der Waals surface area contributed by atoms with E-state index in [0.717, 1.165) is 37.9 Å². The predicted octanol–water partition coefficient (Wildman–Crippen LogP) is 4.71. The highest BCUT2D eigenvalue weighted by Crippen LogP contribution is 2.42. The lowest BCUT2D eigenvalue weighted by molar-refractivity contribution is -0.145. The molecular weight excluding hydrogens is 491 g/mol. The van der Waals surface area contributed by atoms with Gasteiger partial charge in [0.15, 0.2) is 11.5 Å². The zero-order chi connectivity index (χ0) is 25.4. The Morgan fingerprint density at radius 2 is 1.89 bits per heavy atom. The number of nitrogens with one attached hydrogen (secondary N) is 1. The van der Waals surface area contributed by atoms with Crippen LogP contribution in [-0.4, -0.2) is 61.3 Å². The van der Waals surface area contributed by atoms with Crippen molar-refractivity contribution < 1.29 is 24.2 Å². The summed E-state index contributed by atoms with van der Waals surface area (Å²) in [5.41, 5.74) is 0.699. The van der Waals surface area contributed by atoms with Crippen LogP contribution < -0.4 is 10.1 Å². The van der Waals surface area contributed by atoms with E-state index >= 15 is 0 Å². The van der Waals surface area contributed by atoms with Gasteiger partial charge in [-0.3, -0.25) is 4.79 Å². The molecule has 1 aliphatic heterocycles. The van der Waals surface area contributed by atoms with Crippen molar-refractivity contribution in [2.75, 3.05) is 33.4 Å². The molecule has 9 heteroatoms. The number of phenolic OH excluding ortho intramolecular Hbond substituents is 1. The first-order valence-corrected chi connectivity index (χ1v) is 12.6. The Kier molecular flexibility index (Phi) is 10.1. The van der Waals surface area contributed by atoms with Crippen LogP contribution in [0, 0.1) is 5.92 Å². The highest BCUT2D eigenvalue weighted by Gasteiger charge is 2.27. The average Bonchev–Trinajstić information content (AvgIpc) is 2.85. The smallest absolute Gasteiger partial charge is 0.328 e. The van der Waals surface area contributed by atoms with Crippen molar-refractivity contribution >= 4 is 35.1 Å². The summed E-state index contributed by atoms with van der Waals surface area (Å²) in [5.74, 6) is -1.02. The molecule has 0 radical (unpaired) electrons. The van der Waals surface area contributed by atoms with E-state index in [4.69, 9.17) is 32.7 Å². The Morgan fingerprint density at radius 1 is 1.20 bits per heavy atom. The Bertz CT molecular complexity index is 1010. The van der Waals surface area contributed by atoms with Crippen molar-refractivity contribution in [3.63, 3.8) is 0 Å². The van der Waals surface area contributed by atoms with Crippen molar-refractivity contribution in [1.82, 2.24) is 10.2 Å². The third-order valence-corrected chi connectivity index (χ3v) is 6.80. The fourth-order valence-electron chi connectivity index (χ4n) is 4.10. The minimum absolute atomic E-state index is 0.108. The molecule has 0 aromatic heterocycles. The quantitative estimate of drug-likeness (QED) is 0.439. The summed E-state index contributed by atoms with van der Waals surface area (Å²) < 4.78 is 10.9. The molecule has 190 valence electrons. The number of phenols is 1. The van der Waals surface area contributed by atoms with Crippen molar-refractivity contribution in [3.05, 3.63) is 57.6 Å². The first-order valence-electron chi connectivity index (χ1n) is 11.8. The molecule has 3 rings (SSSR count). The average molecular weight is 523 g/mol. The van der Waals surface area contributed by atoms with Gasteiger partial charge >= 0.3 is 5.97 Å². The molecule has 2 N–H and O–H groups in total. The van der Waals surface area contributed by atoms with E-state index in [1.807, 2.05) is 30.3 Å². The third kappa shape index (κ3) is 7.50. The summed E-state index contributed by atoms with van der Waals surface area (Å²) in [6.07, 6.45) is 3.29. The minimum atomic E-state index is -0.952. The van der Waals surface area contributed by atoms with Gasteiger partial charge in [0.2, 0.25) is 0 Å². The van der Waals surface area contributed by atoms with E-state index in [-0.39, 0.29) is 34.4 Å². The molecule has 1 amide bonds. The van der Waals surface area contributed by atoms with E-state index in [9.17, 15) is 14.7 Å². The van der Waals surface area contributed by atoms with Gasteiger partial charge in [-0.1, -0.05) is 53.5 Å². The van der Waals surface area contributed by atoms with Gasteiger partial charge in [-0.25, -0.2) is 4.79 Å². The Hall–Kier alpha value is -2.48. The van der Waals surface area contributed by atoms with Gasteiger partial charge in [-0.2, -0.15) is 0 Å². The first-order chi connectivity index (χ1) is 16.8. The summed E-state index contributed by atoms with van der Waals surface area (Å²) in [6.45, 7) is 4.39. The molecule has 2 aromatic rings. The molecule has 1 fully saturated rings. The number of benzene rings is 2. The molecular formula is C26H32Cl2N2O5. The summed E-state index contributed by atoms with van der Waals surface area (Å²) in [4.78, 5) is 27.8. The Balaban J connectivity index is 1.69. The number of hydrogen-bond donors (Lipinski definition) is 2. The number of ether oxygens (including phenoxy) is 2. The number of aromatic hydroxyl groups is 1. The highest BCUT2D eigenvalue weighted by molar-refractivity contribution is 6.39. The van der Waals surface area contributed by atoms with Crippen molar-refractivity contribution in [2.45, 2.75) is 38.6 Å². The van der Waals surface area contributed by atoms with Crippen LogP contribution in [0.15, 0.2) is 36.4 Å². The monoisotopic (exact) mass is 522 g/mol. The number of likely N-dealkylation sites (tertiary alicyclic amines) is 1. The SMILES string of the molecule is CCOC(=O)C(Cc1ccccc1)NC(=O)c1cc(Cl)c(OCCC2CCN(C)CC2)c(Cl)c1O. The fourth-order valence-corrected chi connectivity index (χ4v) is 4.66. The predicted molar refractivity (Wildman–Crippen MR) is 136 cm³/mol. The van der Waals surface area contributed by atoms with Crippen molar-refractivity contribution in [3.8, 4) is 11.5 Å². The largest absolute Gasteiger partial charge is 0.505 e. The van der Waals surface area contributed by atoms with Gasteiger partial charge in [-0.05, 0) is 63.9 Å². The molecule has 2 aromatic carbocycles. The van der Waals surface area contributed by atoms with Crippen LogP contribution in [0.3, 0.4) is 0 Å². The van der Waals surface area contributed by atoms with Crippen LogP contribution in [0.5, 0.6) is 11.5 Å². The molecule has 1 heterocycles. The van der Waals surface area contributed by atoms with Gasteiger partial charge in [0.05, 0.1) is 23.8 Å². The Morgan fingerprint density at radius 3 is 2.54 bits per heavy atom. The molecule has 35 heavy (non-hydrogen) atoms. The number of piperidine rings is 1. The van der Waals surface area contributed by atoms with E-state index in [1.54, 1.807) is 6.92 Å². The minimum Gasteiger partial charge on any atom is -0.505 e. The van der Waals surface area contributed by atoms with Gasteiger partial charge < -0.3 is 24.8 Å². The van der Waals surface area contributed by atoms with E-state index in [1.165, 1.54) is 6.07 Å². The second-order valence-corrected chi connectivity index (χ2v) is 9.53. The number of amides is 1. The van der Waals surface area contributed by atoms with Crippen LogP contribution in [0.1, 0.15) is 42.1 Å². The van der Waals surface area contributed by atoms with Crippen LogP contribution in [0.25, 0.3) is 0 Å². The van der Waals surface area contributed by atoms with E-state index in [2.05, 4.69) is 17.3 Å². The summed E-state index contributed by atoms with van der Waals surface area (Å²) in [6, 6.07) is 9.59. The van der Waals surface area contributed by atoms with E-state index < -0.39 is 23.7 Å². The zero-order valence-electron chi connectivity index (χ0n) is 20.1. The van der Waals surface area contributed by atoms with Crippen molar-refractivity contribution in [2.24, 2.45) is 5.92 Å². The topological polar surface area (TPSA) is 88.1 Å². The molecule has 0 saturated carbocycles. The van der Waals surface area contributed by atoms with Crippen LogP contribution >= 0.6 is 23.2 Å². The van der Waals surface area contributed by atoms with Gasteiger partial charge in [0.1, 0.15) is 11.1 Å². The lowest BCUT2D eigenvalue weighted by Crippen LogP contribution is -2.43. The molecule has 1 atom stereocenters. The maximum atomic E-state index is 13.0. The maximum absolute atomic E-state index is 13.0. The second-order valence-electron chi connectivity index (χ2n) is 8.75. The summed E-state index contributed by atoms with van der Waals surface area (Å²) in [7, 11) is 2.11. The lowest BCUT2D eigenvalue weighted by Gasteiger charge is -2.28. The lowest BCUT2D eigenvalue weighted by atomic mass is 9.94. The van der Waals surface area contributed by atoms with Crippen LogP contribution in [0.2, 0.25) is 10.0 Å². The number of esters is 1. The molecule has 0 spiro atoms. The number of halogens is 2. The van der Waals surface area contributed by atoms with Gasteiger partial charge in [0, 0.05) is 6.42 Å². The normalized spacial score (nSPS) is 15.4. The zero-order valence-corrected chi connectivity index (χ0v) is 21.6.